The van der Waals surface area contributed by atoms with E-state index < -0.39 is 0 Å². The topological polar surface area (TPSA) is 34.1 Å². The molecule has 0 bridgehead atoms. The van der Waals surface area contributed by atoms with Gasteiger partial charge >= 0.3 is 0 Å². The van der Waals surface area contributed by atoms with Gasteiger partial charge in [0.05, 0.1) is 0 Å². The quantitative estimate of drug-likeness (QED) is 0.663. The van der Waals surface area contributed by atoms with Gasteiger partial charge in [0.25, 0.3) is 0 Å². The molecular formula is C19H14O2S3. The molecule has 0 fully saturated rings. The van der Waals surface area contributed by atoms with Crippen LogP contribution < -0.4 is 0 Å². The Morgan fingerprint density at radius 3 is 1.46 bits per heavy atom. The molecule has 0 unspecified atom stereocenters. The molecule has 24 heavy (non-hydrogen) atoms. The number of hydrogen-bond donors (Lipinski definition) is 0. The lowest BCUT2D eigenvalue weighted by Gasteiger charge is -2.05. The molecule has 3 rings (SSSR count). The molecule has 0 N–H and O–H groups in total. The highest BCUT2D eigenvalue weighted by molar-refractivity contribution is 8.20. The van der Waals surface area contributed by atoms with Crippen LogP contribution in [0.3, 0.4) is 0 Å². The van der Waals surface area contributed by atoms with Crippen molar-refractivity contribution in [3.05, 3.63) is 81.6 Å². The third kappa shape index (κ3) is 4.23. The lowest BCUT2D eigenvalue weighted by molar-refractivity contribution is 0.108. The Labute approximate surface area is 154 Å². The summed E-state index contributed by atoms with van der Waals surface area (Å²) in [6.45, 7) is 0. The first-order chi connectivity index (χ1) is 11.6. The molecule has 1 aliphatic carbocycles. The van der Waals surface area contributed by atoms with E-state index in [0.717, 1.165) is 14.7 Å². The minimum absolute atomic E-state index is 0.0134. The second kappa shape index (κ2) is 7.92. The number of thioether (sulfide) groups is 2. The molecule has 2 aromatic rings. The Kier molecular flexibility index (Phi) is 5.66. The number of hydrogen-bond acceptors (Lipinski definition) is 5. The molecule has 0 aromatic heterocycles. The summed E-state index contributed by atoms with van der Waals surface area (Å²) in [6, 6.07) is 18.3. The van der Waals surface area contributed by atoms with Gasteiger partial charge in [-0.05, 0) is 23.5 Å². The Balaban J connectivity index is 1.76. The number of allylic oxidation sites excluding steroid dienone is 2. The van der Waals surface area contributed by atoms with Gasteiger partial charge in [-0.2, -0.15) is 0 Å². The molecule has 0 heterocycles. The zero-order valence-corrected chi connectivity index (χ0v) is 15.2. The molecule has 120 valence electrons. The third-order valence-electron chi connectivity index (χ3n) is 3.48. The highest BCUT2D eigenvalue weighted by atomic mass is 32.2. The maximum atomic E-state index is 12.4. The second-order valence-electron chi connectivity index (χ2n) is 5.25. The first-order valence-electron chi connectivity index (χ1n) is 7.41. The largest absolute Gasteiger partial charge is 0.281 e. The van der Waals surface area contributed by atoms with Crippen LogP contribution in [0.2, 0.25) is 0 Å². The molecule has 0 saturated heterocycles. The fourth-order valence-corrected chi connectivity index (χ4v) is 4.84. The van der Waals surface area contributed by atoms with Gasteiger partial charge in [-0.1, -0.05) is 72.9 Å². The first kappa shape index (κ1) is 17.1. The van der Waals surface area contributed by atoms with E-state index in [0.29, 0.717) is 24.0 Å². The summed E-state index contributed by atoms with van der Waals surface area (Å²) < 4.78 is 0. The van der Waals surface area contributed by atoms with Crippen LogP contribution in [0.1, 0.15) is 33.6 Å². The van der Waals surface area contributed by atoms with E-state index >= 15 is 0 Å². The first-order valence-corrected chi connectivity index (χ1v) is 9.46. The summed E-state index contributed by atoms with van der Waals surface area (Å²) in [5.74, 6) is 0. The van der Waals surface area contributed by atoms with Gasteiger partial charge in [-0.15, -0.1) is 0 Å². The zero-order valence-electron chi connectivity index (χ0n) is 12.7. The molecule has 0 aliphatic heterocycles. The van der Waals surface area contributed by atoms with Crippen LogP contribution in [0.15, 0.2) is 70.5 Å². The Morgan fingerprint density at radius 2 is 1.08 bits per heavy atom. The van der Waals surface area contributed by atoms with E-state index in [1.807, 2.05) is 36.4 Å². The van der Waals surface area contributed by atoms with Crippen LogP contribution in [-0.2, 0) is 0 Å². The van der Waals surface area contributed by atoms with Gasteiger partial charge in [-0.25, -0.2) is 0 Å². The maximum absolute atomic E-state index is 12.4. The van der Waals surface area contributed by atoms with Crippen LogP contribution in [0, 0.1) is 0 Å². The van der Waals surface area contributed by atoms with Crippen LogP contribution in [0.25, 0.3) is 0 Å². The Morgan fingerprint density at radius 1 is 0.708 bits per heavy atom. The van der Waals surface area contributed by atoms with Crippen LogP contribution >= 0.6 is 35.7 Å². The van der Waals surface area contributed by atoms with Crippen molar-refractivity contribution in [2.75, 3.05) is 0 Å². The molecule has 5 heteroatoms. The van der Waals surface area contributed by atoms with E-state index in [4.69, 9.17) is 12.2 Å². The van der Waals surface area contributed by atoms with Gasteiger partial charge < -0.3 is 0 Å². The molecule has 0 saturated carbocycles. The fourth-order valence-electron chi connectivity index (χ4n) is 2.29. The van der Waals surface area contributed by atoms with E-state index in [9.17, 15) is 9.59 Å². The molecule has 0 spiro atoms. The van der Waals surface area contributed by atoms with Crippen molar-refractivity contribution in [3.8, 4) is 0 Å². The molecule has 0 amide bonds. The van der Waals surface area contributed by atoms with Gasteiger partial charge in [0.1, 0.15) is 0 Å². The van der Waals surface area contributed by atoms with Gasteiger partial charge in [0.2, 0.25) is 10.2 Å². The predicted octanol–water partition coefficient (Wildman–Crippen LogP) is 5.51. The molecule has 1 aliphatic rings. The van der Waals surface area contributed by atoms with Crippen LogP contribution in [0.5, 0.6) is 0 Å². The van der Waals surface area contributed by atoms with Crippen LogP contribution in [-0.4, -0.2) is 15.1 Å². The molecule has 0 radical (unpaired) electrons. The monoisotopic (exact) mass is 370 g/mol. The average Bonchev–Trinajstić information content (AvgIpc) is 2.95. The van der Waals surface area contributed by atoms with E-state index in [1.165, 1.54) is 23.5 Å². The maximum Gasteiger partial charge on any atom is 0.223 e. The summed E-state index contributed by atoms with van der Waals surface area (Å²) in [7, 11) is 0. The molecule has 0 atom stereocenters. The minimum atomic E-state index is -0.0134. The summed E-state index contributed by atoms with van der Waals surface area (Å²) in [5.41, 5.74) is 1.32. The SMILES string of the molecule is O=C(SC1=C(SC(=O)c2ccccc2)CC(=S)C1)c1ccccc1. The second-order valence-corrected chi connectivity index (χ2v) is 7.96. The van der Waals surface area contributed by atoms with Crippen molar-refractivity contribution in [3.63, 3.8) is 0 Å². The van der Waals surface area contributed by atoms with Crippen molar-refractivity contribution in [1.29, 1.82) is 0 Å². The predicted molar refractivity (Wildman–Crippen MR) is 106 cm³/mol. The number of rotatable bonds is 4. The van der Waals surface area contributed by atoms with E-state index in [1.54, 1.807) is 24.3 Å². The van der Waals surface area contributed by atoms with Gasteiger partial charge in [0.15, 0.2) is 0 Å². The van der Waals surface area contributed by atoms with Crippen molar-refractivity contribution in [2.45, 2.75) is 12.8 Å². The third-order valence-corrected chi connectivity index (χ3v) is 6.01. The fraction of sp³-hybridized carbons (Fsp3) is 0.105. The average molecular weight is 371 g/mol. The lowest BCUT2D eigenvalue weighted by atomic mass is 10.2. The van der Waals surface area contributed by atoms with Gasteiger partial charge in [-0.3, -0.25) is 9.59 Å². The van der Waals surface area contributed by atoms with Gasteiger partial charge in [0, 0.05) is 38.6 Å². The van der Waals surface area contributed by atoms with Crippen LogP contribution in [0.4, 0.5) is 0 Å². The number of carbonyl (C=O) groups excluding carboxylic acids is 2. The number of benzene rings is 2. The number of carbonyl (C=O) groups is 2. The lowest BCUT2D eigenvalue weighted by Crippen LogP contribution is -1.95. The summed E-state index contributed by atoms with van der Waals surface area (Å²) >= 11 is 7.70. The minimum Gasteiger partial charge on any atom is -0.281 e. The van der Waals surface area contributed by atoms with E-state index in [-0.39, 0.29) is 10.2 Å². The van der Waals surface area contributed by atoms with Crippen molar-refractivity contribution >= 4 is 50.8 Å². The van der Waals surface area contributed by atoms with Crippen molar-refractivity contribution < 1.29 is 9.59 Å². The number of thiocarbonyl (C=S) groups is 1. The summed E-state index contributed by atoms with van der Waals surface area (Å²) in [6.07, 6.45) is 1.20. The molecule has 2 nitrogen and oxygen atoms in total. The van der Waals surface area contributed by atoms with E-state index in [2.05, 4.69) is 0 Å². The normalized spacial score (nSPS) is 14.1. The zero-order chi connectivity index (χ0) is 16.9. The Bertz CT molecular complexity index is 744. The smallest absolute Gasteiger partial charge is 0.223 e. The molecular weight excluding hydrogens is 356 g/mol. The highest BCUT2D eigenvalue weighted by Crippen LogP contribution is 2.41. The van der Waals surface area contributed by atoms with Crippen molar-refractivity contribution in [1.82, 2.24) is 0 Å². The standard InChI is InChI=1S/C19H14O2S3/c20-18(13-7-3-1-4-8-13)23-16-11-15(22)12-17(16)24-19(21)14-9-5-2-6-10-14/h1-10H,11-12H2. The summed E-state index contributed by atoms with van der Waals surface area (Å²) in [5, 5.41) is -0.0267. The molecule has 2 aromatic carbocycles. The Hall–Kier alpha value is -1.69. The van der Waals surface area contributed by atoms with Crippen molar-refractivity contribution in [2.24, 2.45) is 0 Å². The highest BCUT2D eigenvalue weighted by Gasteiger charge is 2.25. The summed E-state index contributed by atoms with van der Waals surface area (Å²) in [4.78, 5) is 27.5.